The minimum absolute atomic E-state index is 0.0108. The molecule has 2 heteroatoms. The maximum Gasteiger partial charge on any atom is 0.0381 e. The van der Waals surface area contributed by atoms with Crippen molar-refractivity contribution in [3.05, 3.63) is 57.6 Å². The summed E-state index contributed by atoms with van der Waals surface area (Å²) < 4.78 is 0. The van der Waals surface area contributed by atoms with Crippen LogP contribution in [-0.4, -0.2) is 0 Å². The Kier molecular flexibility index (Phi) is 7.01. The van der Waals surface area contributed by atoms with Crippen LogP contribution < -0.4 is 11.5 Å². The molecule has 0 amide bonds. The summed E-state index contributed by atoms with van der Waals surface area (Å²) in [5, 5.41) is 0. The largest absolute Gasteiger partial charge is 0.398 e. The Morgan fingerprint density at radius 3 is 1.27 bits per heavy atom. The molecule has 0 atom stereocenters. The van der Waals surface area contributed by atoms with Gasteiger partial charge in [0.2, 0.25) is 0 Å². The van der Waals surface area contributed by atoms with Crippen LogP contribution in [-0.2, 0) is 10.8 Å². The molecule has 0 unspecified atom stereocenters. The molecule has 30 heavy (non-hydrogen) atoms. The Hall–Kier alpha value is -1.96. The molecule has 0 spiro atoms. The minimum Gasteiger partial charge on any atom is -0.398 e. The predicted octanol–water partition coefficient (Wildman–Crippen LogP) is 7.63. The van der Waals surface area contributed by atoms with Gasteiger partial charge < -0.3 is 11.5 Å². The Balaban J connectivity index is 2.83. The number of anilines is 2. The number of benzene rings is 2. The molecule has 0 aromatic heterocycles. The Morgan fingerprint density at radius 1 is 0.667 bits per heavy atom. The number of aryl methyl sites for hydroxylation is 2. The van der Waals surface area contributed by atoms with Gasteiger partial charge in [-0.05, 0) is 64.0 Å². The highest BCUT2D eigenvalue weighted by Gasteiger charge is 2.28. The van der Waals surface area contributed by atoms with Gasteiger partial charge in [-0.3, -0.25) is 0 Å². The third kappa shape index (κ3) is 4.85. The Labute approximate surface area is 185 Å². The van der Waals surface area contributed by atoms with Crippen LogP contribution in [0.3, 0.4) is 0 Å². The highest BCUT2D eigenvalue weighted by Crippen LogP contribution is 2.42. The van der Waals surface area contributed by atoms with Crippen molar-refractivity contribution >= 4 is 11.4 Å². The third-order valence-electron chi connectivity index (χ3n) is 6.67. The van der Waals surface area contributed by atoms with Gasteiger partial charge in [-0.2, -0.15) is 0 Å². The lowest BCUT2D eigenvalue weighted by molar-refractivity contribution is 0.436. The third-order valence-corrected chi connectivity index (χ3v) is 6.67. The van der Waals surface area contributed by atoms with E-state index in [2.05, 4.69) is 93.5 Å². The second-order valence-electron chi connectivity index (χ2n) is 11.2. The van der Waals surface area contributed by atoms with Gasteiger partial charge in [0.05, 0.1) is 0 Å². The molecule has 166 valence electrons. The molecule has 2 aromatic rings. The van der Waals surface area contributed by atoms with Crippen molar-refractivity contribution in [1.82, 2.24) is 0 Å². The van der Waals surface area contributed by atoms with E-state index < -0.39 is 0 Å². The van der Waals surface area contributed by atoms with Crippen LogP contribution >= 0.6 is 0 Å². The zero-order valence-electron chi connectivity index (χ0n) is 21.0. The normalized spacial score (nSPS) is 12.8. The molecular weight excluding hydrogens is 364 g/mol. The van der Waals surface area contributed by atoms with Crippen LogP contribution in [0.4, 0.5) is 11.4 Å². The lowest BCUT2D eigenvalue weighted by Crippen LogP contribution is -2.20. The first-order chi connectivity index (χ1) is 13.7. The van der Waals surface area contributed by atoms with Gasteiger partial charge >= 0.3 is 0 Å². The molecule has 0 saturated carbocycles. The lowest BCUT2D eigenvalue weighted by Gasteiger charge is -2.32. The van der Waals surface area contributed by atoms with E-state index >= 15 is 0 Å². The van der Waals surface area contributed by atoms with E-state index in [1.165, 1.54) is 33.4 Å². The van der Waals surface area contributed by atoms with E-state index in [4.69, 9.17) is 11.5 Å². The topological polar surface area (TPSA) is 52.0 Å². The summed E-state index contributed by atoms with van der Waals surface area (Å²) in [5.74, 6) is 0.900. The first-order valence-corrected chi connectivity index (χ1v) is 11.5. The summed E-state index contributed by atoms with van der Waals surface area (Å²) in [6.45, 7) is 22.4. The number of nitrogen functional groups attached to an aromatic ring is 2. The van der Waals surface area contributed by atoms with Crippen molar-refractivity contribution in [2.24, 2.45) is 5.92 Å². The molecule has 0 bridgehead atoms. The molecule has 2 rings (SSSR count). The van der Waals surface area contributed by atoms with Gasteiger partial charge in [0, 0.05) is 17.3 Å². The second kappa shape index (κ2) is 8.65. The highest BCUT2D eigenvalue weighted by atomic mass is 14.6. The van der Waals surface area contributed by atoms with Gasteiger partial charge in [0.1, 0.15) is 0 Å². The first-order valence-electron chi connectivity index (χ1n) is 11.5. The second-order valence-corrected chi connectivity index (χ2v) is 11.2. The SMILES string of the molecule is CCC(CC)C(c1cc(C)c(N)c(C(C)(C)C)c1)c1cc(C)c(N)c(C(C)(C)C)c1. The van der Waals surface area contributed by atoms with Crippen LogP contribution in [0.2, 0.25) is 0 Å². The van der Waals surface area contributed by atoms with Crippen LogP contribution in [0, 0.1) is 19.8 Å². The standard InChI is InChI=1S/C28H44N2/c1-11-19(12-2)24(20-13-17(3)25(29)22(15-20)27(5,6)7)21-14-18(4)26(30)23(16-21)28(8,9)10/h13-16,19,24H,11-12,29-30H2,1-10H3. The van der Waals surface area contributed by atoms with E-state index in [1.807, 2.05) is 0 Å². The minimum atomic E-state index is 0.0108. The van der Waals surface area contributed by atoms with E-state index in [1.54, 1.807) is 0 Å². The smallest absolute Gasteiger partial charge is 0.0381 e. The van der Waals surface area contributed by atoms with Crippen LogP contribution in [0.5, 0.6) is 0 Å². The fourth-order valence-corrected chi connectivity index (χ4v) is 4.75. The van der Waals surface area contributed by atoms with E-state index in [0.29, 0.717) is 11.8 Å². The fourth-order valence-electron chi connectivity index (χ4n) is 4.75. The Bertz CT molecular complexity index is 821. The maximum absolute atomic E-state index is 6.53. The van der Waals surface area contributed by atoms with E-state index in [-0.39, 0.29) is 10.8 Å². The fraction of sp³-hybridized carbons (Fsp3) is 0.571. The van der Waals surface area contributed by atoms with Crippen LogP contribution in [0.15, 0.2) is 24.3 Å². The average Bonchev–Trinajstić information content (AvgIpc) is 2.62. The van der Waals surface area contributed by atoms with Crippen molar-refractivity contribution in [3.8, 4) is 0 Å². The molecule has 0 aliphatic carbocycles. The summed E-state index contributed by atoms with van der Waals surface area (Å²) in [6.07, 6.45) is 2.29. The maximum atomic E-state index is 6.53. The Morgan fingerprint density at radius 2 is 1.00 bits per heavy atom. The van der Waals surface area contributed by atoms with Gasteiger partial charge in [-0.15, -0.1) is 0 Å². The molecule has 0 fully saturated rings. The quantitative estimate of drug-likeness (QED) is 0.500. The number of hydrogen-bond donors (Lipinski definition) is 2. The van der Waals surface area contributed by atoms with Crippen molar-refractivity contribution < 1.29 is 0 Å². The molecule has 0 heterocycles. The highest BCUT2D eigenvalue weighted by molar-refractivity contribution is 5.61. The number of rotatable bonds is 5. The molecule has 2 aromatic carbocycles. The van der Waals surface area contributed by atoms with Gasteiger partial charge in [-0.25, -0.2) is 0 Å². The van der Waals surface area contributed by atoms with Crippen LogP contribution in [0.1, 0.15) is 108 Å². The van der Waals surface area contributed by atoms with Crippen molar-refractivity contribution in [3.63, 3.8) is 0 Å². The molecule has 2 nitrogen and oxygen atoms in total. The lowest BCUT2D eigenvalue weighted by atomic mass is 9.73. The van der Waals surface area contributed by atoms with Gasteiger partial charge in [-0.1, -0.05) is 92.5 Å². The van der Waals surface area contributed by atoms with Gasteiger partial charge in [0.25, 0.3) is 0 Å². The molecule has 0 aliphatic rings. The summed E-state index contributed by atoms with van der Waals surface area (Å²) in [6, 6.07) is 9.37. The number of hydrogen-bond acceptors (Lipinski definition) is 2. The van der Waals surface area contributed by atoms with E-state index in [0.717, 1.165) is 24.2 Å². The van der Waals surface area contributed by atoms with Crippen molar-refractivity contribution in [2.75, 3.05) is 11.5 Å². The first kappa shape index (κ1) is 24.3. The summed E-state index contributed by atoms with van der Waals surface area (Å²) in [7, 11) is 0. The summed E-state index contributed by atoms with van der Waals surface area (Å²) in [4.78, 5) is 0. The average molecular weight is 409 g/mol. The zero-order chi connectivity index (χ0) is 23.0. The summed E-state index contributed by atoms with van der Waals surface area (Å²) in [5.41, 5.74) is 22.5. The number of nitrogens with two attached hydrogens (primary N) is 2. The molecule has 4 N–H and O–H groups in total. The molecular formula is C28H44N2. The van der Waals surface area contributed by atoms with Gasteiger partial charge in [0.15, 0.2) is 0 Å². The van der Waals surface area contributed by atoms with E-state index in [9.17, 15) is 0 Å². The van der Waals surface area contributed by atoms with Crippen LogP contribution in [0.25, 0.3) is 0 Å². The van der Waals surface area contributed by atoms with Crippen molar-refractivity contribution in [2.45, 2.75) is 98.8 Å². The monoisotopic (exact) mass is 408 g/mol. The molecule has 0 saturated heterocycles. The van der Waals surface area contributed by atoms with Crippen molar-refractivity contribution in [1.29, 1.82) is 0 Å². The zero-order valence-corrected chi connectivity index (χ0v) is 21.0. The predicted molar refractivity (Wildman–Crippen MR) is 134 cm³/mol. The summed E-state index contributed by atoms with van der Waals surface area (Å²) >= 11 is 0. The molecule has 0 radical (unpaired) electrons. The molecule has 0 aliphatic heterocycles.